The first kappa shape index (κ1) is 20.3. The van der Waals surface area contributed by atoms with Crippen LogP contribution >= 0.6 is 0 Å². The third-order valence-electron chi connectivity index (χ3n) is 4.25. The molecule has 2 N–H and O–H groups in total. The van der Waals surface area contributed by atoms with Crippen LogP contribution in [0.2, 0.25) is 0 Å². The van der Waals surface area contributed by atoms with Crippen LogP contribution in [-0.2, 0) is 17.5 Å². The van der Waals surface area contributed by atoms with Gasteiger partial charge >= 0.3 is 6.18 Å². The molecule has 0 saturated carbocycles. The fraction of sp³-hybridized carbons (Fsp3) is 0.211. The van der Waals surface area contributed by atoms with Crippen molar-refractivity contribution >= 4 is 22.6 Å². The van der Waals surface area contributed by atoms with Gasteiger partial charge < -0.3 is 15.0 Å². The van der Waals surface area contributed by atoms with Crippen LogP contribution in [0.15, 0.2) is 42.7 Å². The minimum absolute atomic E-state index is 0.233. The number of fused-ring (bicyclic) bond motifs is 1. The highest BCUT2D eigenvalue weighted by atomic mass is 19.4. The van der Waals surface area contributed by atoms with E-state index in [-0.39, 0.29) is 12.2 Å². The third-order valence-corrected chi connectivity index (χ3v) is 4.25. The van der Waals surface area contributed by atoms with E-state index in [1.54, 1.807) is 0 Å². The molecule has 1 amide bonds. The second kappa shape index (κ2) is 7.18. The van der Waals surface area contributed by atoms with Gasteiger partial charge in [-0.15, -0.1) is 0 Å². The molecule has 0 spiro atoms. The van der Waals surface area contributed by atoms with Crippen LogP contribution in [0.3, 0.4) is 0 Å². The number of anilines is 1. The second-order valence-corrected chi connectivity index (χ2v) is 6.60. The number of rotatable bonds is 4. The van der Waals surface area contributed by atoms with Crippen molar-refractivity contribution in [2.75, 3.05) is 5.32 Å². The van der Waals surface area contributed by atoms with Crippen LogP contribution < -0.4 is 5.32 Å². The number of aromatic nitrogens is 2. The van der Waals surface area contributed by atoms with Gasteiger partial charge in [0.1, 0.15) is 5.82 Å². The highest BCUT2D eigenvalue weighted by Gasteiger charge is 2.35. The minimum Gasteiger partial charge on any atom is -0.378 e. The van der Waals surface area contributed by atoms with Crippen molar-refractivity contribution in [1.29, 1.82) is 5.26 Å². The Morgan fingerprint density at radius 2 is 2.00 bits per heavy atom. The van der Waals surface area contributed by atoms with Gasteiger partial charge in [0, 0.05) is 5.69 Å². The fourth-order valence-electron chi connectivity index (χ4n) is 2.78. The van der Waals surface area contributed by atoms with Gasteiger partial charge in [0.2, 0.25) is 0 Å². The fourth-order valence-corrected chi connectivity index (χ4v) is 2.78. The molecule has 29 heavy (non-hydrogen) atoms. The summed E-state index contributed by atoms with van der Waals surface area (Å²) in [5, 5.41) is 21.6. The molecule has 10 heteroatoms. The number of hydrogen-bond acceptors (Lipinski definition) is 4. The van der Waals surface area contributed by atoms with Crippen LogP contribution in [-0.4, -0.2) is 26.2 Å². The topological polar surface area (TPSA) is 90.9 Å². The van der Waals surface area contributed by atoms with Crippen molar-refractivity contribution < 1.29 is 27.5 Å². The van der Waals surface area contributed by atoms with E-state index in [4.69, 9.17) is 5.26 Å². The SMILES string of the molecule is C[C@](O)(Cn1cnc2ccc(F)cc21)C(=O)Nc1ccc(C#N)c(C(F)(F)F)c1. The van der Waals surface area contributed by atoms with Crippen molar-refractivity contribution in [3.8, 4) is 6.07 Å². The summed E-state index contributed by atoms with van der Waals surface area (Å²) in [6.07, 6.45) is -3.47. The summed E-state index contributed by atoms with van der Waals surface area (Å²) in [7, 11) is 0. The number of halogens is 4. The Hall–Kier alpha value is -3.45. The molecule has 1 atom stereocenters. The van der Waals surface area contributed by atoms with Gasteiger partial charge in [0.05, 0.1) is 41.1 Å². The Labute approximate surface area is 162 Å². The Balaban J connectivity index is 1.84. The van der Waals surface area contributed by atoms with Crippen molar-refractivity contribution in [2.24, 2.45) is 0 Å². The maximum Gasteiger partial charge on any atom is 0.417 e. The molecule has 0 unspecified atom stereocenters. The van der Waals surface area contributed by atoms with E-state index in [2.05, 4.69) is 10.3 Å². The third kappa shape index (κ3) is 4.20. The number of nitriles is 1. The number of hydrogen-bond donors (Lipinski definition) is 2. The number of imidazole rings is 1. The van der Waals surface area contributed by atoms with Crippen molar-refractivity contribution in [2.45, 2.75) is 25.2 Å². The summed E-state index contributed by atoms with van der Waals surface area (Å²) in [5.74, 6) is -1.51. The standard InChI is InChI=1S/C19H14F4N4O2/c1-18(29,9-27-10-25-15-5-3-12(20)6-16(15)27)17(28)26-13-4-2-11(8-24)14(7-13)19(21,22)23/h2-7,10,29H,9H2,1H3,(H,26,28)/t18-/m0/s1. The first-order valence-corrected chi connectivity index (χ1v) is 8.27. The largest absolute Gasteiger partial charge is 0.417 e. The molecular formula is C19H14F4N4O2. The molecule has 2 aromatic carbocycles. The first-order valence-electron chi connectivity index (χ1n) is 8.27. The summed E-state index contributed by atoms with van der Waals surface area (Å²) < 4.78 is 54.0. The zero-order chi connectivity index (χ0) is 21.4. The molecule has 0 aliphatic carbocycles. The summed E-state index contributed by atoms with van der Waals surface area (Å²) in [6, 6.07) is 7.96. The summed E-state index contributed by atoms with van der Waals surface area (Å²) in [4.78, 5) is 16.5. The first-order chi connectivity index (χ1) is 13.5. The molecular weight excluding hydrogens is 392 g/mol. The number of alkyl halides is 3. The molecule has 150 valence electrons. The number of nitrogens with zero attached hydrogens (tertiary/aromatic N) is 3. The Bertz CT molecular complexity index is 1130. The number of amides is 1. The Kier molecular flexibility index (Phi) is 5.02. The van der Waals surface area contributed by atoms with E-state index in [1.165, 1.54) is 42.1 Å². The van der Waals surface area contributed by atoms with Gasteiger partial charge in [-0.25, -0.2) is 9.37 Å². The van der Waals surface area contributed by atoms with E-state index in [1.807, 2.05) is 0 Å². The van der Waals surface area contributed by atoms with Crippen LogP contribution in [0, 0.1) is 17.1 Å². The normalized spacial score (nSPS) is 13.7. The average molecular weight is 406 g/mol. The maximum atomic E-state index is 13.5. The molecule has 0 fully saturated rings. The lowest BCUT2D eigenvalue weighted by molar-refractivity contribution is -0.138. The lowest BCUT2D eigenvalue weighted by Gasteiger charge is -2.23. The molecule has 0 aliphatic rings. The maximum absolute atomic E-state index is 13.5. The zero-order valence-corrected chi connectivity index (χ0v) is 15.0. The number of aliphatic hydroxyl groups is 1. The Morgan fingerprint density at radius 1 is 1.28 bits per heavy atom. The van der Waals surface area contributed by atoms with Crippen LogP contribution in [0.25, 0.3) is 11.0 Å². The van der Waals surface area contributed by atoms with Crippen LogP contribution in [0.4, 0.5) is 23.2 Å². The lowest BCUT2D eigenvalue weighted by Crippen LogP contribution is -2.43. The molecule has 0 radical (unpaired) electrons. The Morgan fingerprint density at radius 3 is 2.66 bits per heavy atom. The molecule has 1 heterocycles. The second-order valence-electron chi connectivity index (χ2n) is 6.60. The molecule has 3 rings (SSSR count). The van der Waals surface area contributed by atoms with E-state index >= 15 is 0 Å². The monoisotopic (exact) mass is 406 g/mol. The van der Waals surface area contributed by atoms with E-state index in [0.717, 1.165) is 12.1 Å². The smallest absolute Gasteiger partial charge is 0.378 e. The molecule has 0 aliphatic heterocycles. The van der Waals surface area contributed by atoms with Gasteiger partial charge in [0.25, 0.3) is 5.91 Å². The number of carbonyl (C=O) groups is 1. The predicted molar refractivity (Wildman–Crippen MR) is 95.1 cm³/mol. The molecule has 0 saturated heterocycles. The highest BCUT2D eigenvalue weighted by molar-refractivity contribution is 5.97. The molecule has 3 aromatic rings. The van der Waals surface area contributed by atoms with Crippen LogP contribution in [0.5, 0.6) is 0 Å². The van der Waals surface area contributed by atoms with Crippen molar-refractivity contribution in [3.63, 3.8) is 0 Å². The number of nitrogens with one attached hydrogen (secondary N) is 1. The van der Waals surface area contributed by atoms with Gasteiger partial charge in [-0.2, -0.15) is 18.4 Å². The molecule has 6 nitrogen and oxygen atoms in total. The average Bonchev–Trinajstić information content (AvgIpc) is 3.02. The van der Waals surface area contributed by atoms with E-state index < -0.39 is 34.6 Å². The van der Waals surface area contributed by atoms with Gasteiger partial charge in [-0.05, 0) is 43.3 Å². The summed E-state index contributed by atoms with van der Waals surface area (Å²) in [6.45, 7) is 0.850. The predicted octanol–water partition coefficient (Wildman–Crippen LogP) is 3.46. The lowest BCUT2D eigenvalue weighted by atomic mass is 10.0. The highest BCUT2D eigenvalue weighted by Crippen LogP contribution is 2.33. The molecule has 1 aromatic heterocycles. The quantitative estimate of drug-likeness (QED) is 0.650. The molecule has 0 bridgehead atoms. The van der Waals surface area contributed by atoms with Crippen molar-refractivity contribution in [3.05, 3.63) is 59.7 Å². The van der Waals surface area contributed by atoms with E-state index in [0.29, 0.717) is 17.1 Å². The summed E-state index contributed by atoms with van der Waals surface area (Å²) in [5.41, 5.74) is -3.28. The zero-order valence-electron chi connectivity index (χ0n) is 15.0. The van der Waals surface area contributed by atoms with Gasteiger partial charge in [0.15, 0.2) is 5.60 Å². The minimum atomic E-state index is -4.78. The van der Waals surface area contributed by atoms with Crippen LogP contribution in [0.1, 0.15) is 18.1 Å². The summed E-state index contributed by atoms with van der Waals surface area (Å²) >= 11 is 0. The van der Waals surface area contributed by atoms with Gasteiger partial charge in [-0.1, -0.05) is 0 Å². The van der Waals surface area contributed by atoms with Gasteiger partial charge in [-0.3, -0.25) is 4.79 Å². The van der Waals surface area contributed by atoms with E-state index in [9.17, 15) is 27.5 Å². The van der Waals surface area contributed by atoms with Crippen molar-refractivity contribution in [1.82, 2.24) is 9.55 Å². The number of benzene rings is 2. The number of carbonyl (C=O) groups excluding carboxylic acids is 1.